The molecule has 0 saturated heterocycles. The van der Waals surface area contributed by atoms with Crippen LogP contribution in [-0.2, 0) is 16.0 Å². The number of rotatable bonds is 5. The summed E-state index contributed by atoms with van der Waals surface area (Å²) in [6, 6.07) is 6.24. The summed E-state index contributed by atoms with van der Waals surface area (Å²) >= 11 is 0. The van der Waals surface area contributed by atoms with Crippen molar-refractivity contribution in [3.8, 4) is 5.75 Å². The molecule has 0 fully saturated rings. The molecule has 0 spiro atoms. The van der Waals surface area contributed by atoms with Gasteiger partial charge < -0.3 is 9.47 Å². The third-order valence-corrected chi connectivity index (χ3v) is 3.12. The maximum atomic E-state index is 11.2. The van der Waals surface area contributed by atoms with E-state index in [0.29, 0.717) is 18.9 Å². The Hall–Kier alpha value is -1.51. The summed E-state index contributed by atoms with van der Waals surface area (Å²) in [4.78, 5) is 11.2. The second-order valence-electron chi connectivity index (χ2n) is 4.97. The van der Waals surface area contributed by atoms with Crippen LogP contribution in [0.5, 0.6) is 5.75 Å². The smallest absolute Gasteiger partial charge is 0.305 e. The molecule has 2 rings (SSSR count). The minimum atomic E-state index is -0.131. The monoisotopic (exact) mass is 248 g/mol. The zero-order valence-electron chi connectivity index (χ0n) is 11.2. The summed E-state index contributed by atoms with van der Waals surface area (Å²) in [6.45, 7) is 6.33. The first kappa shape index (κ1) is 12.9. The van der Waals surface area contributed by atoms with Gasteiger partial charge in [-0.2, -0.15) is 0 Å². The zero-order valence-corrected chi connectivity index (χ0v) is 11.2. The fourth-order valence-electron chi connectivity index (χ4n) is 2.22. The summed E-state index contributed by atoms with van der Waals surface area (Å²) < 4.78 is 11.0. The highest BCUT2D eigenvalue weighted by Crippen LogP contribution is 2.36. The number of esters is 1. The van der Waals surface area contributed by atoms with Crippen LogP contribution in [0.1, 0.15) is 44.2 Å². The van der Waals surface area contributed by atoms with Crippen LogP contribution in [-0.4, -0.2) is 18.7 Å². The van der Waals surface area contributed by atoms with Gasteiger partial charge in [-0.25, -0.2) is 0 Å². The van der Waals surface area contributed by atoms with Gasteiger partial charge >= 0.3 is 5.97 Å². The first-order valence-corrected chi connectivity index (χ1v) is 6.55. The van der Waals surface area contributed by atoms with E-state index in [2.05, 4.69) is 12.1 Å². The molecule has 0 aliphatic heterocycles. The lowest BCUT2D eigenvalue weighted by Gasteiger charge is -2.11. The molecule has 2 bridgehead atoms. The maximum absolute atomic E-state index is 11.2. The number of ether oxygens (including phenoxy) is 2. The molecule has 1 aliphatic carbocycles. The molecule has 1 aromatic rings. The highest BCUT2D eigenvalue weighted by Gasteiger charge is 2.24. The molecule has 0 aromatic heterocycles. The van der Waals surface area contributed by atoms with Crippen molar-refractivity contribution in [3.05, 3.63) is 29.3 Å². The van der Waals surface area contributed by atoms with Gasteiger partial charge in [0.05, 0.1) is 12.7 Å². The van der Waals surface area contributed by atoms with Crippen molar-refractivity contribution in [1.29, 1.82) is 0 Å². The molecule has 0 saturated carbocycles. The lowest BCUT2D eigenvalue weighted by atomic mass is 10.1. The Kier molecular flexibility index (Phi) is 3.90. The molecule has 0 amide bonds. The fourth-order valence-corrected chi connectivity index (χ4v) is 2.22. The van der Waals surface area contributed by atoms with Crippen molar-refractivity contribution in [2.45, 2.75) is 45.6 Å². The summed E-state index contributed by atoms with van der Waals surface area (Å²) in [7, 11) is 0. The van der Waals surface area contributed by atoms with Gasteiger partial charge in [0.25, 0.3) is 0 Å². The Bertz CT molecular complexity index is 437. The standard InChI is InChI=1S/C15H20O3/c1-4-15(16)17-9-13-8-12-7-11(13)5-6-14(12)18-10(2)3/h5-7,10,13H,4,8-9H2,1-3H3/t13-/m0/s1. The molecular formula is C15H20O3. The van der Waals surface area contributed by atoms with Crippen LogP contribution in [0.3, 0.4) is 0 Å². The molecular weight excluding hydrogens is 228 g/mol. The average molecular weight is 248 g/mol. The van der Waals surface area contributed by atoms with E-state index in [4.69, 9.17) is 9.47 Å². The second kappa shape index (κ2) is 5.42. The quantitative estimate of drug-likeness (QED) is 0.751. The Labute approximate surface area is 108 Å². The van der Waals surface area contributed by atoms with E-state index in [1.165, 1.54) is 11.1 Å². The Morgan fingerprint density at radius 2 is 2.22 bits per heavy atom. The summed E-state index contributed by atoms with van der Waals surface area (Å²) in [5.74, 6) is 1.12. The van der Waals surface area contributed by atoms with Gasteiger partial charge in [-0.3, -0.25) is 4.79 Å². The molecule has 98 valence electrons. The van der Waals surface area contributed by atoms with E-state index in [0.717, 1.165) is 12.2 Å². The summed E-state index contributed by atoms with van der Waals surface area (Å²) in [6.07, 6.45) is 1.52. The third kappa shape index (κ3) is 2.84. The summed E-state index contributed by atoms with van der Waals surface area (Å²) in [5, 5.41) is 0. The highest BCUT2D eigenvalue weighted by molar-refractivity contribution is 5.68. The first-order chi connectivity index (χ1) is 8.60. The van der Waals surface area contributed by atoms with E-state index >= 15 is 0 Å². The molecule has 1 atom stereocenters. The third-order valence-electron chi connectivity index (χ3n) is 3.12. The first-order valence-electron chi connectivity index (χ1n) is 6.55. The number of benzene rings is 1. The topological polar surface area (TPSA) is 35.5 Å². The highest BCUT2D eigenvalue weighted by atomic mass is 16.5. The van der Waals surface area contributed by atoms with E-state index in [9.17, 15) is 4.79 Å². The van der Waals surface area contributed by atoms with Crippen molar-refractivity contribution in [3.63, 3.8) is 0 Å². The van der Waals surface area contributed by atoms with Gasteiger partial charge in [-0.05, 0) is 37.5 Å². The van der Waals surface area contributed by atoms with Crippen LogP contribution in [0.15, 0.2) is 18.2 Å². The molecule has 18 heavy (non-hydrogen) atoms. The predicted molar refractivity (Wildman–Crippen MR) is 69.9 cm³/mol. The molecule has 3 heteroatoms. The number of hydrogen-bond acceptors (Lipinski definition) is 3. The van der Waals surface area contributed by atoms with E-state index in [-0.39, 0.29) is 12.1 Å². The van der Waals surface area contributed by atoms with Gasteiger partial charge in [-0.1, -0.05) is 19.1 Å². The van der Waals surface area contributed by atoms with Crippen molar-refractivity contribution < 1.29 is 14.3 Å². The van der Waals surface area contributed by atoms with Crippen molar-refractivity contribution in [2.75, 3.05) is 6.61 Å². The van der Waals surface area contributed by atoms with E-state index in [1.807, 2.05) is 26.8 Å². The van der Waals surface area contributed by atoms with Gasteiger partial charge in [-0.15, -0.1) is 0 Å². The molecule has 0 heterocycles. The van der Waals surface area contributed by atoms with Crippen LogP contribution in [0, 0.1) is 0 Å². The van der Waals surface area contributed by atoms with Gasteiger partial charge in [0, 0.05) is 12.3 Å². The second-order valence-corrected chi connectivity index (χ2v) is 4.97. The van der Waals surface area contributed by atoms with Gasteiger partial charge in [0.15, 0.2) is 0 Å². The van der Waals surface area contributed by atoms with Crippen molar-refractivity contribution in [1.82, 2.24) is 0 Å². The van der Waals surface area contributed by atoms with Gasteiger partial charge in [0.2, 0.25) is 0 Å². The number of hydrogen-bond donors (Lipinski definition) is 0. The molecule has 0 radical (unpaired) electrons. The zero-order chi connectivity index (χ0) is 13.1. The van der Waals surface area contributed by atoms with Crippen LogP contribution in [0.2, 0.25) is 0 Å². The van der Waals surface area contributed by atoms with Crippen LogP contribution in [0.25, 0.3) is 0 Å². The lowest BCUT2D eigenvalue weighted by Crippen LogP contribution is -2.11. The number of carbonyl (C=O) groups excluding carboxylic acids is 1. The number of fused-ring (bicyclic) bond motifs is 2. The van der Waals surface area contributed by atoms with Gasteiger partial charge in [0.1, 0.15) is 5.75 Å². The van der Waals surface area contributed by atoms with Crippen LogP contribution >= 0.6 is 0 Å². The van der Waals surface area contributed by atoms with Crippen molar-refractivity contribution in [2.24, 2.45) is 0 Å². The fraction of sp³-hybridized carbons (Fsp3) is 0.533. The minimum absolute atomic E-state index is 0.131. The Balaban J connectivity index is 1.98. The molecule has 0 N–H and O–H groups in total. The SMILES string of the molecule is CCC(=O)OC[C@@H]1Cc2cc1ccc2OC(C)C. The van der Waals surface area contributed by atoms with Crippen LogP contribution < -0.4 is 4.74 Å². The maximum Gasteiger partial charge on any atom is 0.305 e. The molecule has 1 aliphatic rings. The summed E-state index contributed by atoms with van der Waals surface area (Å²) in [5.41, 5.74) is 2.46. The Morgan fingerprint density at radius 3 is 2.89 bits per heavy atom. The Morgan fingerprint density at radius 1 is 1.44 bits per heavy atom. The molecule has 3 nitrogen and oxygen atoms in total. The lowest BCUT2D eigenvalue weighted by molar-refractivity contribution is -0.143. The molecule has 1 aromatic carbocycles. The van der Waals surface area contributed by atoms with Crippen molar-refractivity contribution >= 4 is 5.97 Å². The normalized spacial score (nSPS) is 17.0. The molecule has 0 unspecified atom stereocenters. The van der Waals surface area contributed by atoms with Crippen LogP contribution in [0.4, 0.5) is 0 Å². The van der Waals surface area contributed by atoms with E-state index in [1.54, 1.807) is 0 Å². The average Bonchev–Trinajstić information content (AvgIpc) is 2.67. The minimum Gasteiger partial charge on any atom is -0.491 e. The predicted octanol–water partition coefficient (Wildman–Crippen LogP) is 3.07. The number of carbonyl (C=O) groups is 1. The largest absolute Gasteiger partial charge is 0.491 e. The van der Waals surface area contributed by atoms with E-state index < -0.39 is 0 Å².